The minimum atomic E-state index is -0.313. The van der Waals surface area contributed by atoms with Crippen molar-refractivity contribution in [3.05, 3.63) is 47.8 Å². The van der Waals surface area contributed by atoms with Gasteiger partial charge >= 0.3 is 6.09 Å². The number of nitrogens with one attached hydrogen (secondary N) is 1. The maximum Gasteiger partial charge on any atom is 0.410 e. The number of ether oxygens (including phenoxy) is 1. The molecule has 0 unspecified atom stereocenters. The fourth-order valence-electron chi connectivity index (χ4n) is 2.73. The largest absolute Gasteiger partial charge is 0.449 e. The van der Waals surface area contributed by atoms with Crippen molar-refractivity contribution in [2.45, 2.75) is 32.9 Å². The van der Waals surface area contributed by atoms with E-state index in [2.05, 4.69) is 10.4 Å². The molecule has 2 heterocycles. The molecule has 132 valence electrons. The first-order valence-electron chi connectivity index (χ1n) is 8.52. The van der Waals surface area contributed by atoms with Crippen molar-refractivity contribution in [2.24, 2.45) is 0 Å². The second-order valence-corrected chi connectivity index (χ2v) is 5.95. The number of amides is 2. The molecule has 7 nitrogen and oxygen atoms in total. The summed E-state index contributed by atoms with van der Waals surface area (Å²) in [6.45, 7) is 4.07. The van der Waals surface area contributed by atoms with Crippen LogP contribution in [-0.4, -0.2) is 39.8 Å². The van der Waals surface area contributed by atoms with Crippen LogP contribution in [-0.2, 0) is 17.8 Å². The molecule has 0 spiro atoms. The van der Waals surface area contributed by atoms with Gasteiger partial charge in [0.05, 0.1) is 18.8 Å². The zero-order valence-electron chi connectivity index (χ0n) is 14.3. The summed E-state index contributed by atoms with van der Waals surface area (Å²) in [5.74, 6) is -0.258. The van der Waals surface area contributed by atoms with Gasteiger partial charge in [0, 0.05) is 18.8 Å². The van der Waals surface area contributed by atoms with Crippen LogP contribution in [0.4, 0.5) is 10.5 Å². The van der Waals surface area contributed by atoms with Crippen LogP contribution in [0.15, 0.2) is 36.4 Å². The highest BCUT2D eigenvalue weighted by atomic mass is 16.6. The summed E-state index contributed by atoms with van der Waals surface area (Å²) in [6.07, 6.45) is 1.25. The van der Waals surface area contributed by atoms with E-state index in [9.17, 15) is 9.59 Å². The highest BCUT2D eigenvalue weighted by Crippen LogP contribution is 2.16. The van der Waals surface area contributed by atoms with Crippen LogP contribution in [0.5, 0.6) is 0 Å². The van der Waals surface area contributed by atoms with E-state index >= 15 is 0 Å². The minimum Gasteiger partial charge on any atom is -0.449 e. The molecule has 0 saturated carbocycles. The van der Waals surface area contributed by atoms with E-state index in [0.717, 1.165) is 24.2 Å². The molecular weight excluding hydrogens is 320 g/mol. The quantitative estimate of drug-likeness (QED) is 0.927. The van der Waals surface area contributed by atoms with Gasteiger partial charge in [0.2, 0.25) is 0 Å². The number of para-hydroxylation sites is 1. The summed E-state index contributed by atoms with van der Waals surface area (Å²) in [6, 6.07) is 11.0. The topological polar surface area (TPSA) is 76.5 Å². The average molecular weight is 342 g/mol. The fourth-order valence-corrected chi connectivity index (χ4v) is 2.73. The molecule has 1 aromatic heterocycles. The van der Waals surface area contributed by atoms with Gasteiger partial charge in [-0.15, -0.1) is 0 Å². The number of anilines is 1. The van der Waals surface area contributed by atoms with Gasteiger partial charge in [0.1, 0.15) is 0 Å². The van der Waals surface area contributed by atoms with Gasteiger partial charge in [-0.2, -0.15) is 5.10 Å². The monoisotopic (exact) mass is 342 g/mol. The first kappa shape index (κ1) is 17.0. The molecule has 25 heavy (non-hydrogen) atoms. The van der Waals surface area contributed by atoms with Crippen molar-refractivity contribution in [1.29, 1.82) is 0 Å². The SMILES string of the molecule is CCCOC(=O)N1CCCn2nc(C(=O)Nc3ccccc3)cc2C1. The van der Waals surface area contributed by atoms with Gasteiger partial charge in [0.25, 0.3) is 5.91 Å². The molecule has 1 aliphatic heterocycles. The van der Waals surface area contributed by atoms with Crippen molar-refractivity contribution in [3.63, 3.8) is 0 Å². The minimum absolute atomic E-state index is 0.258. The summed E-state index contributed by atoms with van der Waals surface area (Å²) in [5.41, 5.74) is 1.91. The summed E-state index contributed by atoms with van der Waals surface area (Å²) in [5, 5.41) is 7.21. The lowest BCUT2D eigenvalue weighted by molar-refractivity contribution is 0.100. The smallest absolute Gasteiger partial charge is 0.410 e. The predicted molar refractivity (Wildman–Crippen MR) is 93.3 cm³/mol. The molecule has 7 heteroatoms. The van der Waals surface area contributed by atoms with E-state index < -0.39 is 0 Å². The Morgan fingerprint density at radius 1 is 1.24 bits per heavy atom. The fraction of sp³-hybridized carbons (Fsp3) is 0.389. The van der Waals surface area contributed by atoms with E-state index in [-0.39, 0.29) is 12.0 Å². The van der Waals surface area contributed by atoms with Crippen LogP contribution in [0, 0.1) is 0 Å². The molecule has 0 saturated heterocycles. The molecule has 0 bridgehead atoms. The first-order chi connectivity index (χ1) is 12.2. The molecule has 2 amide bonds. The number of benzene rings is 1. The second-order valence-electron chi connectivity index (χ2n) is 5.95. The number of hydrogen-bond acceptors (Lipinski definition) is 4. The van der Waals surface area contributed by atoms with Gasteiger partial charge in [-0.25, -0.2) is 4.79 Å². The molecule has 2 aromatic rings. The maximum absolute atomic E-state index is 12.4. The number of carbonyl (C=O) groups is 2. The molecule has 0 fully saturated rings. The third-order valence-electron chi connectivity index (χ3n) is 3.97. The van der Waals surface area contributed by atoms with Crippen molar-refractivity contribution < 1.29 is 14.3 Å². The van der Waals surface area contributed by atoms with Crippen LogP contribution < -0.4 is 5.32 Å². The molecule has 3 rings (SSSR count). The Bertz CT molecular complexity index is 742. The van der Waals surface area contributed by atoms with E-state index in [4.69, 9.17) is 4.74 Å². The number of aromatic nitrogens is 2. The van der Waals surface area contributed by atoms with E-state index in [0.29, 0.717) is 31.9 Å². The lowest BCUT2D eigenvalue weighted by atomic mass is 10.3. The normalized spacial score (nSPS) is 13.7. The van der Waals surface area contributed by atoms with E-state index in [1.807, 2.05) is 37.3 Å². The molecule has 0 atom stereocenters. The Balaban J connectivity index is 1.70. The zero-order chi connectivity index (χ0) is 17.6. The number of aryl methyl sites for hydroxylation is 1. The van der Waals surface area contributed by atoms with Crippen molar-refractivity contribution in [3.8, 4) is 0 Å². The Kier molecular flexibility index (Phi) is 5.33. The molecular formula is C18H22N4O3. The summed E-state index contributed by atoms with van der Waals surface area (Å²) in [4.78, 5) is 26.1. The lowest BCUT2D eigenvalue weighted by Gasteiger charge is -2.19. The molecule has 1 aliphatic rings. The number of rotatable bonds is 4. The Morgan fingerprint density at radius 3 is 2.80 bits per heavy atom. The molecule has 1 N–H and O–H groups in total. The van der Waals surface area contributed by atoms with Gasteiger partial charge in [0.15, 0.2) is 5.69 Å². The van der Waals surface area contributed by atoms with Gasteiger partial charge in [-0.1, -0.05) is 25.1 Å². The number of fused-ring (bicyclic) bond motifs is 1. The van der Waals surface area contributed by atoms with Crippen LogP contribution in [0.2, 0.25) is 0 Å². The van der Waals surface area contributed by atoms with Gasteiger partial charge in [-0.3, -0.25) is 9.48 Å². The van der Waals surface area contributed by atoms with Crippen molar-refractivity contribution >= 4 is 17.7 Å². The third-order valence-corrected chi connectivity index (χ3v) is 3.97. The van der Waals surface area contributed by atoms with Crippen molar-refractivity contribution in [1.82, 2.24) is 14.7 Å². The molecule has 1 aromatic carbocycles. The summed E-state index contributed by atoms with van der Waals surface area (Å²) >= 11 is 0. The van der Waals surface area contributed by atoms with Crippen LogP contribution in [0.3, 0.4) is 0 Å². The summed E-state index contributed by atoms with van der Waals surface area (Å²) < 4.78 is 7.01. The maximum atomic E-state index is 12.4. The number of nitrogens with zero attached hydrogens (tertiary/aromatic N) is 3. The van der Waals surface area contributed by atoms with E-state index in [1.54, 1.807) is 15.6 Å². The van der Waals surface area contributed by atoms with Crippen LogP contribution in [0.1, 0.15) is 35.9 Å². The Labute approximate surface area is 146 Å². The summed E-state index contributed by atoms with van der Waals surface area (Å²) in [7, 11) is 0. The highest BCUT2D eigenvalue weighted by molar-refractivity contribution is 6.02. The Morgan fingerprint density at radius 2 is 2.04 bits per heavy atom. The highest BCUT2D eigenvalue weighted by Gasteiger charge is 2.23. The van der Waals surface area contributed by atoms with E-state index in [1.165, 1.54) is 0 Å². The van der Waals surface area contributed by atoms with Gasteiger partial charge < -0.3 is 15.0 Å². The Hall–Kier alpha value is -2.83. The second kappa shape index (κ2) is 7.83. The van der Waals surface area contributed by atoms with Crippen LogP contribution in [0.25, 0.3) is 0 Å². The third kappa shape index (κ3) is 4.17. The molecule has 0 aliphatic carbocycles. The lowest BCUT2D eigenvalue weighted by Crippen LogP contribution is -2.31. The standard InChI is InChI=1S/C18H22N4O3/c1-2-11-25-18(24)21-9-6-10-22-15(13-21)12-16(20-22)17(23)19-14-7-4-3-5-8-14/h3-5,7-8,12H,2,6,9-11,13H2,1H3,(H,19,23). The average Bonchev–Trinajstić information content (AvgIpc) is 2.92. The number of hydrogen-bond donors (Lipinski definition) is 1. The predicted octanol–water partition coefficient (Wildman–Crippen LogP) is 2.89. The molecule has 0 radical (unpaired) electrons. The first-order valence-corrected chi connectivity index (χ1v) is 8.52. The number of carbonyl (C=O) groups excluding carboxylic acids is 2. The van der Waals surface area contributed by atoms with Gasteiger partial charge in [-0.05, 0) is 31.0 Å². The zero-order valence-corrected chi connectivity index (χ0v) is 14.3. The van der Waals surface area contributed by atoms with Crippen molar-refractivity contribution in [2.75, 3.05) is 18.5 Å². The van der Waals surface area contributed by atoms with Crippen LogP contribution >= 0.6 is 0 Å².